The minimum absolute atomic E-state index is 0.127. The summed E-state index contributed by atoms with van der Waals surface area (Å²) < 4.78 is 10.5. The summed E-state index contributed by atoms with van der Waals surface area (Å²) in [6, 6.07) is 1.81. The Hall–Kier alpha value is -1.13. The zero-order valence-corrected chi connectivity index (χ0v) is 10.7. The van der Waals surface area contributed by atoms with Crippen LogP contribution < -0.4 is 0 Å². The molecule has 2 fully saturated rings. The molecule has 1 aromatic rings. The quantitative estimate of drug-likeness (QED) is 0.624. The van der Waals surface area contributed by atoms with Crippen LogP contribution in [-0.2, 0) is 9.47 Å². The molecule has 0 radical (unpaired) electrons. The predicted octanol–water partition coefficient (Wildman–Crippen LogP) is 2.56. The topological polar surface area (TPSA) is 48.4 Å². The van der Waals surface area contributed by atoms with Gasteiger partial charge in [0.2, 0.25) is 0 Å². The molecule has 5 heteroatoms. The minimum atomic E-state index is -0.337. The van der Waals surface area contributed by atoms with Crippen molar-refractivity contribution in [3.8, 4) is 0 Å². The molecular formula is C13H14ClNO3. The lowest BCUT2D eigenvalue weighted by molar-refractivity contribution is 0.0270. The number of pyridine rings is 1. The molecule has 1 saturated heterocycles. The van der Waals surface area contributed by atoms with Crippen molar-refractivity contribution in [3.05, 3.63) is 28.5 Å². The summed E-state index contributed by atoms with van der Waals surface area (Å²) in [5.41, 5.74) is 1.45. The van der Waals surface area contributed by atoms with E-state index < -0.39 is 0 Å². The second-order valence-electron chi connectivity index (χ2n) is 4.77. The molecule has 0 amide bonds. The average molecular weight is 268 g/mol. The molecule has 3 rings (SSSR count). The van der Waals surface area contributed by atoms with Gasteiger partial charge in [-0.2, -0.15) is 0 Å². The Morgan fingerprint density at radius 1 is 1.44 bits per heavy atom. The van der Waals surface area contributed by atoms with Crippen molar-refractivity contribution in [3.63, 3.8) is 0 Å². The van der Waals surface area contributed by atoms with Crippen LogP contribution in [0.2, 0.25) is 5.15 Å². The summed E-state index contributed by atoms with van der Waals surface area (Å²) in [5.74, 6) is 0.129. The summed E-state index contributed by atoms with van der Waals surface area (Å²) in [7, 11) is 0. The number of carbonyl (C=O) groups excluding carboxylic acids is 1. The lowest BCUT2D eigenvalue weighted by atomic mass is 10.1. The third-order valence-corrected chi connectivity index (χ3v) is 3.60. The van der Waals surface area contributed by atoms with Crippen molar-refractivity contribution in [2.75, 3.05) is 13.2 Å². The highest BCUT2D eigenvalue weighted by Gasteiger charge is 2.28. The fourth-order valence-corrected chi connectivity index (χ4v) is 2.34. The number of hydrogen-bond donors (Lipinski definition) is 0. The largest absolute Gasteiger partial charge is 0.456 e. The van der Waals surface area contributed by atoms with E-state index in [2.05, 4.69) is 4.98 Å². The van der Waals surface area contributed by atoms with E-state index in [4.69, 9.17) is 21.1 Å². The Morgan fingerprint density at radius 2 is 2.28 bits per heavy atom. The second kappa shape index (κ2) is 4.86. The third-order valence-electron chi connectivity index (χ3n) is 3.28. The van der Waals surface area contributed by atoms with Crippen LogP contribution in [0, 0.1) is 0 Å². The van der Waals surface area contributed by atoms with Crippen molar-refractivity contribution in [2.45, 2.75) is 31.3 Å². The second-order valence-corrected chi connectivity index (χ2v) is 5.13. The smallest absolute Gasteiger partial charge is 0.340 e. The molecular weight excluding hydrogens is 254 g/mol. The van der Waals surface area contributed by atoms with Gasteiger partial charge in [-0.15, -0.1) is 0 Å². The Morgan fingerprint density at radius 3 is 2.94 bits per heavy atom. The van der Waals surface area contributed by atoms with Crippen molar-refractivity contribution in [1.82, 2.24) is 4.98 Å². The van der Waals surface area contributed by atoms with Crippen molar-refractivity contribution < 1.29 is 14.3 Å². The summed E-state index contributed by atoms with van der Waals surface area (Å²) >= 11 is 6.02. The van der Waals surface area contributed by atoms with Gasteiger partial charge in [-0.1, -0.05) is 11.6 Å². The molecule has 0 spiro atoms. The van der Waals surface area contributed by atoms with E-state index in [1.54, 1.807) is 0 Å². The number of rotatable bonds is 3. The van der Waals surface area contributed by atoms with E-state index in [9.17, 15) is 4.79 Å². The van der Waals surface area contributed by atoms with Gasteiger partial charge in [0.25, 0.3) is 0 Å². The van der Waals surface area contributed by atoms with Crippen LogP contribution in [0.4, 0.5) is 0 Å². The van der Waals surface area contributed by atoms with Crippen LogP contribution in [0.3, 0.4) is 0 Å². The van der Waals surface area contributed by atoms with E-state index in [1.807, 2.05) is 6.07 Å². The molecule has 1 aliphatic carbocycles. The molecule has 2 heterocycles. The standard InChI is InChI=1S/C13H14ClNO3/c14-12-11(8-1-2-8)5-9(6-15-12)13(16)18-10-3-4-17-7-10/h5-6,8,10H,1-4,7H2. The summed E-state index contributed by atoms with van der Waals surface area (Å²) in [4.78, 5) is 16.0. The fraction of sp³-hybridized carbons (Fsp3) is 0.538. The van der Waals surface area contributed by atoms with Gasteiger partial charge in [-0.3, -0.25) is 0 Å². The first-order valence-electron chi connectivity index (χ1n) is 6.18. The van der Waals surface area contributed by atoms with Crippen LogP contribution in [-0.4, -0.2) is 30.3 Å². The van der Waals surface area contributed by atoms with Crippen LogP contribution in [0.1, 0.15) is 41.1 Å². The Bertz CT molecular complexity index is 467. The van der Waals surface area contributed by atoms with E-state index in [0.717, 1.165) is 24.8 Å². The molecule has 18 heavy (non-hydrogen) atoms. The maximum absolute atomic E-state index is 11.9. The van der Waals surface area contributed by atoms with Gasteiger partial charge >= 0.3 is 5.97 Å². The molecule has 0 N–H and O–H groups in total. The summed E-state index contributed by atoms with van der Waals surface area (Å²) in [5, 5.41) is 0.498. The first kappa shape index (κ1) is 11.9. The van der Waals surface area contributed by atoms with Gasteiger partial charge in [0.15, 0.2) is 0 Å². The molecule has 2 aliphatic rings. The average Bonchev–Trinajstić information content (AvgIpc) is 3.08. The minimum Gasteiger partial charge on any atom is -0.456 e. The van der Waals surface area contributed by atoms with Crippen LogP contribution >= 0.6 is 11.6 Å². The monoisotopic (exact) mass is 267 g/mol. The molecule has 4 nitrogen and oxygen atoms in total. The molecule has 1 aliphatic heterocycles. The Balaban J connectivity index is 1.74. The van der Waals surface area contributed by atoms with E-state index >= 15 is 0 Å². The summed E-state index contributed by atoms with van der Waals surface area (Å²) in [6.45, 7) is 1.15. The molecule has 1 atom stereocenters. The molecule has 1 unspecified atom stereocenters. The van der Waals surface area contributed by atoms with Crippen LogP contribution in [0.15, 0.2) is 12.3 Å². The van der Waals surface area contributed by atoms with Crippen LogP contribution in [0.25, 0.3) is 0 Å². The first-order valence-corrected chi connectivity index (χ1v) is 6.56. The number of aromatic nitrogens is 1. The van der Waals surface area contributed by atoms with Gasteiger partial charge in [0, 0.05) is 12.6 Å². The van der Waals surface area contributed by atoms with Gasteiger partial charge in [-0.05, 0) is 30.4 Å². The lowest BCUT2D eigenvalue weighted by Crippen LogP contribution is -2.18. The zero-order valence-electron chi connectivity index (χ0n) is 9.89. The SMILES string of the molecule is O=C(OC1CCOC1)c1cnc(Cl)c(C2CC2)c1. The molecule has 1 saturated carbocycles. The summed E-state index contributed by atoms with van der Waals surface area (Å²) in [6.07, 6.45) is 4.36. The maximum atomic E-state index is 11.9. The predicted molar refractivity (Wildman–Crippen MR) is 65.9 cm³/mol. The van der Waals surface area contributed by atoms with Gasteiger partial charge < -0.3 is 9.47 Å². The molecule has 1 aromatic heterocycles. The van der Waals surface area contributed by atoms with Crippen molar-refractivity contribution >= 4 is 17.6 Å². The normalized spacial score (nSPS) is 23.1. The molecule has 0 aromatic carbocycles. The zero-order chi connectivity index (χ0) is 12.5. The highest BCUT2D eigenvalue weighted by Crippen LogP contribution is 2.42. The third kappa shape index (κ3) is 2.49. The Kier molecular flexibility index (Phi) is 3.22. The highest BCUT2D eigenvalue weighted by molar-refractivity contribution is 6.30. The van der Waals surface area contributed by atoms with Gasteiger partial charge in [0.1, 0.15) is 11.3 Å². The van der Waals surface area contributed by atoms with E-state index in [1.165, 1.54) is 6.20 Å². The number of ether oxygens (including phenoxy) is 2. The number of esters is 1. The van der Waals surface area contributed by atoms with E-state index in [0.29, 0.717) is 29.8 Å². The van der Waals surface area contributed by atoms with Gasteiger partial charge in [0.05, 0.1) is 18.8 Å². The number of nitrogens with zero attached hydrogens (tertiary/aromatic N) is 1. The van der Waals surface area contributed by atoms with Crippen molar-refractivity contribution in [1.29, 1.82) is 0 Å². The molecule has 0 bridgehead atoms. The van der Waals surface area contributed by atoms with Crippen molar-refractivity contribution in [2.24, 2.45) is 0 Å². The number of hydrogen-bond acceptors (Lipinski definition) is 4. The highest BCUT2D eigenvalue weighted by atomic mass is 35.5. The number of halogens is 1. The Labute approximate surface area is 110 Å². The fourth-order valence-electron chi connectivity index (χ4n) is 2.08. The molecule has 96 valence electrons. The van der Waals surface area contributed by atoms with E-state index in [-0.39, 0.29) is 12.1 Å². The van der Waals surface area contributed by atoms with Crippen LogP contribution in [0.5, 0.6) is 0 Å². The maximum Gasteiger partial charge on any atom is 0.340 e. The van der Waals surface area contributed by atoms with Gasteiger partial charge in [-0.25, -0.2) is 9.78 Å². The first-order chi connectivity index (χ1) is 8.74. The number of carbonyl (C=O) groups is 1. The lowest BCUT2D eigenvalue weighted by Gasteiger charge is -2.10.